The van der Waals surface area contributed by atoms with Crippen molar-refractivity contribution in [3.63, 3.8) is 0 Å². The summed E-state index contributed by atoms with van der Waals surface area (Å²) in [5.41, 5.74) is 1.74. The Morgan fingerprint density at radius 3 is 2.64 bits per heavy atom. The Balaban J connectivity index is 1.79. The number of carbonyl (C=O) groups excluding carboxylic acids is 3. The number of carbonyl (C=O) groups is 3. The van der Waals surface area contributed by atoms with Gasteiger partial charge < -0.3 is 4.74 Å². The number of nitrogens with one attached hydrogen (secondary N) is 2. The Hall–Kier alpha value is -3.23. The van der Waals surface area contributed by atoms with Gasteiger partial charge in [-0.15, -0.1) is 5.10 Å². The number of imide groups is 1. The average molecular weight is 302 g/mol. The van der Waals surface area contributed by atoms with E-state index in [9.17, 15) is 19.2 Å². The third-order valence-corrected chi connectivity index (χ3v) is 3.04. The van der Waals surface area contributed by atoms with Crippen molar-refractivity contribution >= 4 is 28.5 Å². The highest BCUT2D eigenvalue weighted by Crippen LogP contribution is 2.19. The average Bonchev–Trinajstić information content (AvgIpc) is 2.85. The van der Waals surface area contributed by atoms with Gasteiger partial charge in [-0.05, 0) is 12.1 Å². The van der Waals surface area contributed by atoms with Crippen LogP contribution in [0.15, 0.2) is 29.1 Å². The number of H-pyrrole nitrogens is 1. The van der Waals surface area contributed by atoms with Crippen molar-refractivity contribution in [2.24, 2.45) is 0 Å². The van der Waals surface area contributed by atoms with E-state index < -0.39 is 24.3 Å². The van der Waals surface area contributed by atoms with E-state index in [-0.39, 0.29) is 17.9 Å². The Labute approximate surface area is 122 Å². The van der Waals surface area contributed by atoms with Gasteiger partial charge in [-0.2, -0.15) is 5.01 Å². The van der Waals surface area contributed by atoms with Gasteiger partial charge in [0.25, 0.3) is 17.4 Å². The smallest absolute Gasteiger partial charge is 0.286 e. The largest absolute Gasteiger partial charge is 0.466 e. The highest BCUT2D eigenvalue weighted by molar-refractivity contribution is 6.10. The molecule has 1 aliphatic heterocycles. The summed E-state index contributed by atoms with van der Waals surface area (Å²) in [6.07, 6.45) is -0.369. The van der Waals surface area contributed by atoms with Gasteiger partial charge in [-0.1, -0.05) is 12.1 Å². The first-order chi connectivity index (χ1) is 10.6. The number of hydrogen-bond acceptors (Lipinski definition) is 6. The molecule has 0 radical (unpaired) electrons. The zero-order valence-electron chi connectivity index (χ0n) is 11.2. The van der Waals surface area contributed by atoms with Gasteiger partial charge in [0.05, 0.1) is 10.8 Å². The highest BCUT2D eigenvalue weighted by atomic mass is 16.5. The van der Waals surface area contributed by atoms with E-state index in [0.717, 1.165) is 0 Å². The fourth-order valence-electron chi connectivity index (χ4n) is 2.04. The molecule has 0 saturated carbocycles. The maximum absolute atomic E-state index is 11.8. The van der Waals surface area contributed by atoms with Gasteiger partial charge in [-0.25, -0.2) is 5.10 Å². The first-order valence-corrected chi connectivity index (χ1v) is 6.32. The topological polar surface area (TPSA) is 121 Å². The fourth-order valence-corrected chi connectivity index (χ4v) is 2.04. The lowest BCUT2D eigenvalue weighted by atomic mass is 10.2. The van der Waals surface area contributed by atoms with Crippen LogP contribution in [0.1, 0.15) is 6.42 Å². The van der Waals surface area contributed by atoms with Crippen LogP contribution in [-0.2, 0) is 14.4 Å². The van der Waals surface area contributed by atoms with Gasteiger partial charge in [0, 0.05) is 0 Å². The van der Waals surface area contributed by atoms with Crippen molar-refractivity contribution in [2.45, 2.75) is 6.42 Å². The number of rotatable bonds is 3. The molecule has 2 heterocycles. The van der Waals surface area contributed by atoms with Crippen LogP contribution in [0.5, 0.6) is 5.88 Å². The van der Waals surface area contributed by atoms with Crippen molar-refractivity contribution in [2.75, 3.05) is 6.61 Å². The Kier molecular flexibility index (Phi) is 3.30. The van der Waals surface area contributed by atoms with Crippen LogP contribution in [0, 0.1) is 0 Å². The first kappa shape index (κ1) is 13.7. The molecule has 1 aliphatic rings. The molecule has 3 rings (SSSR count). The zero-order chi connectivity index (χ0) is 15.7. The summed E-state index contributed by atoms with van der Waals surface area (Å²) < 4.78 is 5.26. The summed E-state index contributed by atoms with van der Waals surface area (Å²) in [7, 11) is 0. The summed E-state index contributed by atoms with van der Waals surface area (Å²) in [6.45, 7) is -0.505. The summed E-state index contributed by atoms with van der Waals surface area (Å²) in [5, 5.41) is 7.41. The van der Waals surface area contributed by atoms with Crippen LogP contribution in [0.4, 0.5) is 0 Å². The second kappa shape index (κ2) is 5.28. The van der Waals surface area contributed by atoms with Gasteiger partial charge in [0.1, 0.15) is 6.42 Å². The highest BCUT2D eigenvalue weighted by Gasteiger charge is 2.32. The van der Waals surface area contributed by atoms with E-state index in [1.54, 1.807) is 24.3 Å². The molecule has 1 saturated heterocycles. The molecule has 3 amide bonds. The predicted octanol–water partition coefficient (Wildman–Crippen LogP) is -0.908. The minimum Gasteiger partial charge on any atom is -0.466 e. The number of benzene rings is 1. The molecule has 9 nitrogen and oxygen atoms in total. The molecule has 9 heteroatoms. The molecule has 112 valence electrons. The van der Waals surface area contributed by atoms with E-state index in [0.29, 0.717) is 15.8 Å². The molecule has 0 unspecified atom stereocenters. The lowest BCUT2D eigenvalue weighted by Crippen LogP contribution is -2.43. The van der Waals surface area contributed by atoms with E-state index in [1.807, 2.05) is 0 Å². The van der Waals surface area contributed by atoms with Crippen molar-refractivity contribution in [3.8, 4) is 5.88 Å². The molecule has 22 heavy (non-hydrogen) atoms. The monoisotopic (exact) mass is 302 g/mol. The minimum atomic E-state index is -0.729. The lowest BCUT2D eigenvalue weighted by Gasteiger charge is -2.13. The van der Waals surface area contributed by atoms with E-state index >= 15 is 0 Å². The van der Waals surface area contributed by atoms with Crippen molar-refractivity contribution in [1.82, 2.24) is 20.6 Å². The molecule has 1 aromatic heterocycles. The maximum atomic E-state index is 11.8. The second-order valence-electron chi connectivity index (χ2n) is 4.53. The van der Waals surface area contributed by atoms with E-state index in [4.69, 9.17) is 4.74 Å². The standard InChI is InChI=1S/C13H10N4O5/c18-9-5-10(19)17(16-9)11(20)6-22-13-8-4-2-1-3-7(8)12(21)14-15-13/h1-4H,5-6H2,(H,14,21)(H,16,18). The molecular weight excluding hydrogens is 292 g/mol. The first-order valence-electron chi connectivity index (χ1n) is 6.32. The maximum Gasteiger partial charge on any atom is 0.286 e. The van der Waals surface area contributed by atoms with Gasteiger partial charge in [-0.3, -0.25) is 24.6 Å². The van der Waals surface area contributed by atoms with Crippen LogP contribution < -0.4 is 15.7 Å². The molecule has 0 bridgehead atoms. The van der Waals surface area contributed by atoms with Gasteiger partial charge in [0.2, 0.25) is 11.8 Å². The number of fused-ring (bicyclic) bond motifs is 1. The minimum absolute atomic E-state index is 0.0570. The number of ether oxygens (including phenoxy) is 1. The molecular formula is C13H10N4O5. The zero-order valence-corrected chi connectivity index (χ0v) is 11.2. The van der Waals surface area contributed by atoms with Crippen LogP contribution in [-0.4, -0.2) is 39.5 Å². The normalized spacial score (nSPS) is 14.3. The van der Waals surface area contributed by atoms with Crippen molar-refractivity contribution in [1.29, 1.82) is 0 Å². The van der Waals surface area contributed by atoms with Crippen LogP contribution in [0.2, 0.25) is 0 Å². The Bertz CT molecular complexity index is 844. The molecule has 0 spiro atoms. The van der Waals surface area contributed by atoms with E-state index in [1.165, 1.54) is 0 Å². The summed E-state index contributed by atoms with van der Waals surface area (Å²) in [5.74, 6) is -1.86. The van der Waals surface area contributed by atoms with E-state index in [2.05, 4.69) is 15.6 Å². The SMILES string of the molecule is O=C1CC(=O)N(C(=O)COc2n[nH]c(=O)c3ccccc23)N1. The number of aromatic nitrogens is 2. The van der Waals surface area contributed by atoms with Crippen LogP contribution in [0.25, 0.3) is 10.8 Å². The van der Waals surface area contributed by atoms with Crippen molar-refractivity contribution < 1.29 is 19.1 Å². The number of nitrogens with zero attached hydrogens (tertiary/aromatic N) is 2. The summed E-state index contributed by atoms with van der Waals surface area (Å²) in [6, 6.07) is 6.60. The second-order valence-corrected chi connectivity index (χ2v) is 4.53. The number of amides is 3. The quantitative estimate of drug-likeness (QED) is 0.708. The van der Waals surface area contributed by atoms with Gasteiger partial charge >= 0.3 is 0 Å². The molecule has 0 aliphatic carbocycles. The third-order valence-electron chi connectivity index (χ3n) is 3.04. The van der Waals surface area contributed by atoms with Crippen LogP contribution in [0.3, 0.4) is 0 Å². The van der Waals surface area contributed by atoms with Crippen LogP contribution >= 0.6 is 0 Å². The third kappa shape index (κ3) is 2.39. The Morgan fingerprint density at radius 1 is 1.23 bits per heavy atom. The summed E-state index contributed by atoms with van der Waals surface area (Å²) >= 11 is 0. The number of hydrazine groups is 1. The van der Waals surface area contributed by atoms with Crippen molar-refractivity contribution in [3.05, 3.63) is 34.6 Å². The number of aromatic amines is 1. The molecule has 0 atom stereocenters. The summed E-state index contributed by atoms with van der Waals surface area (Å²) in [4.78, 5) is 45.9. The Morgan fingerprint density at radius 2 is 1.95 bits per heavy atom. The molecule has 1 aromatic carbocycles. The van der Waals surface area contributed by atoms with Gasteiger partial charge in [0.15, 0.2) is 6.61 Å². The lowest BCUT2D eigenvalue weighted by molar-refractivity contribution is -0.147. The fraction of sp³-hybridized carbons (Fsp3) is 0.154. The molecule has 2 N–H and O–H groups in total. The molecule has 1 fully saturated rings. The molecule has 2 aromatic rings. The number of hydrogen-bond donors (Lipinski definition) is 2. The predicted molar refractivity (Wildman–Crippen MR) is 72.5 cm³/mol.